The van der Waals surface area contributed by atoms with Crippen molar-refractivity contribution in [3.05, 3.63) is 35.6 Å². The quantitative estimate of drug-likeness (QED) is 0.769. The highest BCUT2D eigenvalue weighted by Gasteiger charge is 2.31. The van der Waals surface area contributed by atoms with Crippen LogP contribution in [-0.2, 0) is 9.53 Å². The van der Waals surface area contributed by atoms with Crippen molar-refractivity contribution in [2.45, 2.75) is 26.2 Å². The number of rotatable bonds is 7. The summed E-state index contributed by atoms with van der Waals surface area (Å²) in [6, 6.07) is 5.66. The van der Waals surface area contributed by atoms with Gasteiger partial charge in [0.2, 0.25) is 5.91 Å². The van der Waals surface area contributed by atoms with Gasteiger partial charge in [0.05, 0.1) is 6.61 Å². The highest BCUT2D eigenvalue weighted by atomic mass is 19.1. The van der Waals surface area contributed by atoms with Crippen LogP contribution in [0.15, 0.2) is 24.3 Å². The lowest BCUT2D eigenvalue weighted by Crippen LogP contribution is -2.45. The molecule has 1 fully saturated rings. The van der Waals surface area contributed by atoms with Crippen LogP contribution in [0.1, 0.15) is 36.5 Å². The molecule has 0 unspecified atom stereocenters. The van der Waals surface area contributed by atoms with E-state index >= 15 is 0 Å². The van der Waals surface area contributed by atoms with Crippen LogP contribution in [-0.4, -0.2) is 50.1 Å². The molecule has 0 saturated carbocycles. The van der Waals surface area contributed by atoms with E-state index in [-0.39, 0.29) is 23.5 Å². The number of ether oxygens (including phenoxy) is 1. The number of methoxy groups -OCH3 is 1. The standard InChI is InChI=1S/C19H27FN2O3/c1-3-14-13-22(19(24)15-4-6-17(20)7-5-15)10-8-16(14)12-18(23)21-9-11-25-2/h4-7,14,16H,3,8-13H2,1-2H3,(H,21,23)/t14-,16+/m1/s1. The minimum Gasteiger partial charge on any atom is -0.383 e. The molecule has 138 valence electrons. The molecule has 0 spiro atoms. The van der Waals surface area contributed by atoms with Gasteiger partial charge < -0.3 is 15.0 Å². The van der Waals surface area contributed by atoms with Crippen LogP contribution in [0.3, 0.4) is 0 Å². The van der Waals surface area contributed by atoms with Crippen molar-refractivity contribution in [2.24, 2.45) is 11.8 Å². The molecule has 25 heavy (non-hydrogen) atoms. The topological polar surface area (TPSA) is 58.6 Å². The summed E-state index contributed by atoms with van der Waals surface area (Å²) in [6.45, 7) is 4.39. The van der Waals surface area contributed by atoms with Crippen molar-refractivity contribution in [3.8, 4) is 0 Å². The van der Waals surface area contributed by atoms with Crippen LogP contribution in [0, 0.1) is 17.7 Å². The molecular formula is C19H27FN2O3. The molecule has 1 N–H and O–H groups in total. The summed E-state index contributed by atoms with van der Waals surface area (Å²) in [7, 11) is 1.60. The first-order chi connectivity index (χ1) is 12.0. The van der Waals surface area contributed by atoms with E-state index in [0.29, 0.717) is 44.1 Å². The second kappa shape index (κ2) is 9.51. The lowest BCUT2D eigenvalue weighted by atomic mass is 9.81. The van der Waals surface area contributed by atoms with E-state index in [4.69, 9.17) is 4.74 Å². The van der Waals surface area contributed by atoms with Crippen LogP contribution in [0.2, 0.25) is 0 Å². The Labute approximate surface area is 148 Å². The number of hydrogen-bond acceptors (Lipinski definition) is 3. The van der Waals surface area contributed by atoms with E-state index in [2.05, 4.69) is 12.2 Å². The number of piperidine rings is 1. The van der Waals surface area contributed by atoms with Crippen LogP contribution in [0.25, 0.3) is 0 Å². The van der Waals surface area contributed by atoms with Gasteiger partial charge in [-0.2, -0.15) is 0 Å². The number of amides is 2. The first kappa shape index (κ1) is 19.4. The van der Waals surface area contributed by atoms with Crippen LogP contribution in [0.4, 0.5) is 4.39 Å². The average Bonchev–Trinajstić information content (AvgIpc) is 2.62. The maximum atomic E-state index is 13.0. The molecule has 1 aromatic rings. The lowest BCUT2D eigenvalue weighted by Gasteiger charge is -2.38. The van der Waals surface area contributed by atoms with Crippen LogP contribution >= 0.6 is 0 Å². The second-order valence-electron chi connectivity index (χ2n) is 6.52. The molecular weight excluding hydrogens is 323 g/mol. The monoisotopic (exact) mass is 350 g/mol. The van der Waals surface area contributed by atoms with Gasteiger partial charge in [-0.15, -0.1) is 0 Å². The van der Waals surface area contributed by atoms with Gasteiger partial charge >= 0.3 is 0 Å². The summed E-state index contributed by atoms with van der Waals surface area (Å²) in [4.78, 5) is 26.4. The third-order valence-electron chi connectivity index (χ3n) is 4.87. The predicted octanol–water partition coefficient (Wildman–Crippen LogP) is 2.47. The molecule has 1 aliphatic heterocycles. The molecule has 2 amide bonds. The maximum absolute atomic E-state index is 13.0. The fraction of sp³-hybridized carbons (Fsp3) is 0.579. The smallest absolute Gasteiger partial charge is 0.253 e. The Kier molecular flexibility index (Phi) is 7.37. The zero-order valence-electron chi connectivity index (χ0n) is 15.0. The molecule has 0 aliphatic carbocycles. The number of carbonyl (C=O) groups is 2. The van der Waals surface area contributed by atoms with Crippen molar-refractivity contribution >= 4 is 11.8 Å². The van der Waals surface area contributed by atoms with Crippen molar-refractivity contribution < 1.29 is 18.7 Å². The van der Waals surface area contributed by atoms with Crippen LogP contribution in [0.5, 0.6) is 0 Å². The molecule has 1 aliphatic rings. The Morgan fingerprint density at radius 1 is 1.28 bits per heavy atom. The summed E-state index contributed by atoms with van der Waals surface area (Å²) in [5.74, 6) is 0.206. The molecule has 0 aromatic heterocycles. The SMILES string of the molecule is CC[C@@H]1CN(C(=O)c2ccc(F)cc2)CC[C@H]1CC(=O)NCCOC. The summed E-state index contributed by atoms with van der Waals surface area (Å²) < 4.78 is 18.0. The molecule has 0 radical (unpaired) electrons. The number of nitrogens with one attached hydrogen (secondary N) is 1. The van der Waals surface area contributed by atoms with E-state index in [1.165, 1.54) is 24.3 Å². The maximum Gasteiger partial charge on any atom is 0.253 e. The van der Waals surface area contributed by atoms with E-state index in [1.54, 1.807) is 7.11 Å². The molecule has 2 atom stereocenters. The summed E-state index contributed by atoms with van der Waals surface area (Å²) in [5, 5.41) is 2.86. The third kappa shape index (κ3) is 5.53. The van der Waals surface area contributed by atoms with Gasteiger partial charge in [-0.1, -0.05) is 13.3 Å². The van der Waals surface area contributed by atoms with Gasteiger partial charge in [-0.05, 0) is 42.5 Å². The number of hydrogen-bond donors (Lipinski definition) is 1. The summed E-state index contributed by atoms with van der Waals surface area (Å²) in [5.41, 5.74) is 0.506. The van der Waals surface area contributed by atoms with E-state index in [1.807, 2.05) is 4.90 Å². The van der Waals surface area contributed by atoms with Crippen molar-refractivity contribution in [3.63, 3.8) is 0 Å². The Balaban J connectivity index is 1.90. The van der Waals surface area contributed by atoms with Gasteiger partial charge in [0, 0.05) is 38.7 Å². The van der Waals surface area contributed by atoms with Gasteiger partial charge in [0.25, 0.3) is 5.91 Å². The predicted molar refractivity (Wildman–Crippen MR) is 93.7 cm³/mol. The highest BCUT2D eigenvalue weighted by molar-refractivity contribution is 5.94. The van der Waals surface area contributed by atoms with Gasteiger partial charge in [0.1, 0.15) is 5.82 Å². The second-order valence-corrected chi connectivity index (χ2v) is 6.52. The molecule has 0 bridgehead atoms. The molecule has 1 saturated heterocycles. The normalized spacial score (nSPS) is 20.4. The number of likely N-dealkylation sites (tertiary alicyclic amines) is 1. The minimum atomic E-state index is -0.346. The van der Waals surface area contributed by atoms with E-state index in [0.717, 1.165) is 12.8 Å². The van der Waals surface area contributed by atoms with Crippen molar-refractivity contribution in [1.29, 1.82) is 0 Å². The van der Waals surface area contributed by atoms with Crippen molar-refractivity contribution in [1.82, 2.24) is 10.2 Å². The molecule has 1 aromatic carbocycles. The third-order valence-corrected chi connectivity index (χ3v) is 4.87. The number of nitrogens with zero attached hydrogens (tertiary/aromatic N) is 1. The van der Waals surface area contributed by atoms with E-state index in [9.17, 15) is 14.0 Å². The molecule has 1 heterocycles. The fourth-order valence-corrected chi connectivity index (χ4v) is 3.37. The zero-order valence-corrected chi connectivity index (χ0v) is 15.0. The average molecular weight is 350 g/mol. The Morgan fingerprint density at radius 2 is 2.00 bits per heavy atom. The highest BCUT2D eigenvalue weighted by Crippen LogP contribution is 2.29. The Bertz CT molecular complexity index is 577. The molecule has 5 nitrogen and oxygen atoms in total. The van der Waals surface area contributed by atoms with Crippen molar-refractivity contribution in [2.75, 3.05) is 33.4 Å². The van der Waals surface area contributed by atoms with E-state index < -0.39 is 0 Å². The lowest BCUT2D eigenvalue weighted by molar-refractivity contribution is -0.123. The summed E-state index contributed by atoms with van der Waals surface area (Å²) in [6.07, 6.45) is 2.22. The summed E-state index contributed by atoms with van der Waals surface area (Å²) >= 11 is 0. The Morgan fingerprint density at radius 3 is 2.64 bits per heavy atom. The minimum absolute atomic E-state index is 0.0406. The number of benzene rings is 1. The van der Waals surface area contributed by atoms with Gasteiger partial charge in [0.15, 0.2) is 0 Å². The van der Waals surface area contributed by atoms with Crippen LogP contribution < -0.4 is 5.32 Å². The molecule has 6 heteroatoms. The molecule has 2 rings (SSSR count). The first-order valence-corrected chi connectivity index (χ1v) is 8.85. The number of carbonyl (C=O) groups excluding carboxylic acids is 2. The largest absolute Gasteiger partial charge is 0.383 e. The first-order valence-electron chi connectivity index (χ1n) is 8.85. The Hall–Kier alpha value is -1.95. The fourth-order valence-electron chi connectivity index (χ4n) is 3.37. The number of halogens is 1. The van der Waals surface area contributed by atoms with Gasteiger partial charge in [-0.25, -0.2) is 4.39 Å². The van der Waals surface area contributed by atoms with Gasteiger partial charge in [-0.3, -0.25) is 9.59 Å². The zero-order chi connectivity index (χ0) is 18.2.